The molecule has 1 aromatic rings. The van der Waals surface area contributed by atoms with Crippen molar-refractivity contribution < 1.29 is 13.2 Å². The average molecular weight is 341 g/mol. The zero-order valence-electron chi connectivity index (χ0n) is 13.3. The molecule has 6 heteroatoms. The highest BCUT2D eigenvalue weighted by atomic mass is 32.2. The van der Waals surface area contributed by atoms with Crippen molar-refractivity contribution in [1.82, 2.24) is 5.32 Å². The number of benzene rings is 1. The SMILES string of the molecule is Cc1cc(C)c(CNC(=O)CSC2CCS(=O)(=O)C2)c(C)c1. The standard InChI is InChI=1S/C16H23NO3S2/c1-11-6-12(2)15(13(3)7-11)8-17-16(18)9-21-14-4-5-22(19,20)10-14/h6-7,14H,4-5,8-10H2,1-3H3,(H,17,18). The first-order valence-corrected chi connectivity index (χ1v) is 10.3. The third kappa shape index (κ3) is 4.74. The lowest BCUT2D eigenvalue weighted by Gasteiger charge is -2.13. The fourth-order valence-corrected chi connectivity index (χ4v) is 6.29. The molecule has 0 aromatic heterocycles. The molecular formula is C16H23NO3S2. The summed E-state index contributed by atoms with van der Waals surface area (Å²) in [5.41, 5.74) is 4.76. The first-order valence-electron chi connectivity index (χ1n) is 7.42. The number of carbonyl (C=O) groups is 1. The van der Waals surface area contributed by atoms with Crippen molar-refractivity contribution in [2.45, 2.75) is 39.0 Å². The van der Waals surface area contributed by atoms with Gasteiger partial charge in [-0.2, -0.15) is 0 Å². The van der Waals surface area contributed by atoms with E-state index in [1.54, 1.807) is 0 Å². The predicted octanol–water partition coefficient (Wildman–Crippen LogP) is 2.15. The second-order valence-corrected chi connectivity index (χ2v) is 9.51. The van der Waals surface area contributed by atoms with Crippen LogP contribution in [0.1, 0.15) is 28.7 Å². The van der Waals surface area contributed by atoms with Crippen LogP contribution in [0.2, 0.25) is 0 Å². The van der Waals surface area contributed by atoms with Crippen LogP contribution in [0, 0.1) is 20.8 Å². The molecule has 0 bridgehead atoms. The van der Waals surface area contributed by atoms with Crippen molar-refractivity contribution in [2.24, 2.45) is 0 Å². The van der Waals surface area contributed by atoms with Gasteiger partial charge < -0.3 is 5.32 Å². The van der Waals surface area contributed by atoms with Gasteiger partial charge in [-0.15, -0.1) is 11.8 Å². The van der Waals surface area contributed by atoms with E-state index in [1.807, 2.05) is 0 Å². The van der Waals surface area contributed by atoms with Crippen LogP contribution in [0.3, 0.4) is 0 Å². The molecule has 1 N–H and O–H groups in total. The lowest BCUT2D eigenvalue weighted by molar-refractivity contribution is -0.118. The van der Waals surface area contributed by atoms with Crippen LogP contribution in [-0.2, 0) is 21.2 Å². The lowest BCUT2D eigenvalue weighted by atomic mass is 10.00. The molecule has 1 aromatic carbocycles. The first-order chi connectivity index (χ1) is 10.3. The molecule has 1 saturated heterocycles. The quantitative estimate of drug-likeness (QED) is 0.891. The molecule has 0 radical (unpaired) electrons. The summed E-state index contributed by atoms with van der Waals surface area (Å²) in [4.78, 5) is 11.9. The van der Waals surface area contributed by atoms with Gasteiger partial charge in [-0.3, -0.25) is 4.79 Å². The van der Waals surface area contributed by atoms with E-state index in [-0.39, 0.29) is 22.7 Å². The molecule has 1 unspecified atom stereocenters. The Kier molecular flexibility index (Phi) is 5.55. The van der Waals surface area contributed by atoms with Crippen LogP contribution in [0.4, 0.5) is 0 Å². The number of thioether (sulfide) groups is 1. The summed E-state index contributed by atoms with van der Waals surface area (Å²) >= 11 is 1.45. The molecule has 4 nitrogen and oxygen atoms in total. The number of rotatable bonds is 5. The average Bonchev–Trinajstić information content (AvgIpc) is 2.74. The van der Waals surface area contributed by atoms with Gasteiger partial charge in [-0.1, -0.05) is 17.7 Å². The van der Waals surface area contributed by atoms with E-state index in [0.717, 1.165) is 5.56 Å². The maximum Gasteiger partial charge on any atom is 0.230 e. The summed E-state index contributed by atoms with van der Waals surface area (Å²) in [5.74, 6) is 0.757. The molecule has 1 heterocycles. The Morgan fingerprint density at radius 3 is 2.45 bits per heavy atom. The predicted molar refractivity (Wildman–Crippen MR) is 92.0 cm³/mol. The summed E-state index contributed by atoms with van der Waals surface area (Å²) in [6, 6.07) is 4.24. The van der Waals surface area contributed by atoms with Gasteiger partial charge in [0, 0.05) is 11.8 Å². The van der Waals surface area contributed by atoms with Gasteiger partial charge in [0.2, 0.25) is 5.91 Å². The van der Waals surface area contributed by atoms with Crippen LogP contribution in [0.25, 0.3) is 0 Å². The van der Waals surface area contributed by atoms with Gasteiger partial charge in [-0.05, 0) is 43.9 Å². The highest BCUT2D eigenvalue weighted by Gasteiger charge is 2.28. The number of amides is 1. The molecule has 0 saturated carbocycles. The number of carbonyl (C=O) groups excluding carboxylic acids is 1. The van der Waals surface area contributed by atoms with Crippen molar-refractivity contribution in [3.05, 3.63) is 34.4 Å². The normalized spacial score (nSPS) is 20.0. The Bertz CT molecular complexity index is 645. The van der Waals surface area contributed by atoms with Gasteiger partial charge >= 0.3 is 0 Å². The Hall–Kier alpha value is -1.01. The van der Waals surface area contributed by atoms with Gasteiger partial charge in [0.15, 0.2) is 9.84 Å². The molecule has 0 spiro atoms. The summed E-state index contributed by atoms with van der Waals surface area (Å²) in [6.45, 7) is 6.70. The summed E-state index contributed by atoms with van der Waals surface area (Å²) < 4.78 is 22.8. The molecule has 22 heavy (non-hydrogen) atoms. The van der Waals surface area contributed by atoms with Crippen molar-refractivity contribution in [1.29, 1.82) is 0 Å². The van der Waals surface area contributed by atoms with E-state index in [4.69, 9.17) is 0 Å². The summed E-state index contributed by atoms with van der Waals surface area (Å²) in [7, 11) is -2.87. The smallest absolute Gasteiger partial charge is 0.230 e. The Balaban J connectivity index is 1.81. The van der Waals surface area contributed by atoms with Crippen molar-refractivity contribution in [2.75, 3.05) is 17.3 Å². The molecule has 0 aliphatic carbocycles. The van der Waals surface area contributed by atoms with Crippen molar-refractivity contribution >= 4 is 27.5 Å². The van der Waals surface area contributed by atoms with Crippen LogP contribution in [0.5, 0.6) is 0 Å². The van der Waals surface area contributed by atoms with Crippen LogP contribution < -0.4 is 5.32 Å². The minimum Gasteiger partial charge on any atom is -0.351 e. The number of aryl methyl sites for hydroxylation is 3. The highest BCUT2D eigenvalue weighted by molar-refractivity contribution is 8.02. The minimum absolute atomic E-state index is 0.0336. The molecular weight excluding hydrogens is 318 g/mol. The van der Waals surface area contributed by atoms with Gasteiger partial charge in [-0.25, -0.2) is 8.42 Å². The van der Waals surface area contributed by atoms with E-state index in [1.165, 1.54) is 28.5 Å². The maximum atomic E-state index is 11.9. The van der Waals surface area contributed by atoms with E-state index in [2.05, 4.69) is 38.2 Å². The Morgan fingerprint density at radius 2 is 1.91 bits per heavy atom. The van der Waals surface area contributed by atoms with Crippen LogP contribution in [0.15, 0.2) is 12.1 Å². The molecule has 2 rings (SSSR count). The van der Waals surface area contributed by atoms with E-state index >= 15 is 0 Å². The molecule has 1 fully saturated rings. The molecule has 122 valence electrons. The topological polar surface area (TPSA) is 63.2 Å². The molecule has 1 aliphatic heterocycles. The Morgan fingerprint density at radius 1 is 1.27 bits per heavy atom. The maximum absolute atomic E-state index is 11.9. The van der Waals surface area contributed by atoms with Gasteiger partial charge in [0.1, 0.15) is 0 Å². The monoisotopic (exact) mass is 341 g/mol. The van der Waals surface area contributed by atoms with E-state index < -0.39 is 9.84 Å². The summed E-state index contributed by atoms with van der Waals surface area (Å²) in [6.07, 6.45) is 0.663. The fraction of sp³-hybridized carbons (Fsp3) is 0.562. The molecule has 1 atom stereocenters. The second kappa shape index (κ2) is 7.04. The fourth-order valence-electron chi connectivity index (χ4n) is 2.81. The van der Waals surface area contributed by atoms with Crippen molar-refractivity contribution in [3.63, 3.8) is 0 Å². The number of hydrogen-bond acceptors (Lipinski definition) is 4. The molecule has 1 aliphatic rings. The zero-order valence-corrected chi connectivity index (χ0v) is 14.9. The van der Waals surface area contributed by atoms with Crippen molar-refractivity contribution in [3.8, 4) is 0 Å². The van der Waals surface area contributed by atoms with Gasteiger partial charge in [0.05, 0.1) is 17.3 Å². The summed E-state index contributed by atoms with van der Waals surface area (Å²) in [5, 5.41) is 3.00. The highest BCUT2D eigenvalue weighted by Crippen LogP contribution is 2.24. The Labute approximate surface area is 137 Å². The van der Waals surface area contributed by atoms with Gasteiger partial charge in [0.25, 0.3) is 0 Å². The van der Waals surface area contributed by atoms with E-state index in [9.17, 15) is 13.2 Å². The molecule has 1 amide bonds. The second-order valence-electron chi connectivity index (χ2n) is 5.99. The minimum atomic E-state index is -2.87. The van der Waals surface area contributed by atoms with Crippen LogP contribution >= 0.6 is 11.8 Å². The largest absolute Gasteiger partial charge is 0.351 e. The third-order valence-electron chi connectivity index (χ3n) is 3.94. The van der Waals surface area contributed by atoms with E-state index in [0.29, 0.717) is 18.7 Å². The number of sulfone groups is 1. The van der Waals surface area contributed by atoms with Crippen LogP contribution in [-0.4, -0.2) is 36.8 Å². The zero-order chi connectivity index (χ0) is 16.3. The number of hydrogen-bond donors (Lipinski definition) is 1. The first kappa shape index (κ1) is 17.3. The lowest BCUT2D eigenvalue weighted by Crippen LogP contribution is -2.26. The third-order valence-corrected chi connectivity index (χ3v) is 7.23. The number of nitrogens with one attached hydrogen (secondary N) is 1.